The number of rotatable bonds is 11. The second kappa shape index (κ2) is 13.4. The fourth-order valence-electron chi connectivity index (χ4n) is 4.10. The molecule has 2 heterocycles. The summed E-state index contributed by atoms with van der Waals surface area (Å²) in [6, 6.07) is 9.23. The van der Waals surface area contributed by atoms with Crippen molar-refractivity contribution in [2.24, 2.45) is 11.8 Å². The molecule has 0 amide bonds. The molecule has 2 aromatic rings. The van der Waals surface area contributed by atoms with Crippen LogP contribution in [0.1, 0.15) is 45.6 Å². The molecular weight excluding hydrogens is 486 g/mol. The van der Waals surface area contributed by atoms with Crippen LogP contribution in [0.2, 0.25) is 0 Å². The van der Waals surface area contributed by atoms with Crippen molar-refractivity contribution in [1.82, 2.24) is 19.9 Å². The Morgan fingerprint density at radius 3 is 2.81 bits per heavy atom. The molecule has 5 atom stereocenters. The first-order valence-corrected chi connectivity index (χ1v) is 12.2. The fourth-order valence-corrected chi connectivity index (χ4v) is 4.20. The Labute approximate surface area is 215 Å². The predicted molar refractivity (Wildman–Crippen MR) is 131 cm³/mol. The number of carbonyl (C=O) groups is 2. The Morgan fingerprint density at radius 2 is 2.08 bits per heavy atom. The lowest BCUT2D eigenvalue weighted by atomic mass is 9.84. The third-order valence-corrected chi connectivity index (χ3v) is 6.26. The molecule has 194 valence electrons. The first-order valence-electron chi connectivity index (χ1n) is 11.8. The molecule has 0 bridgehead atoms. The summed E-state index contributed by atoms with van der Waals surface area (Å²) in [7, 11) is 0. The average molecular weight is 518 g/mol. The van der Waals surface area contributed by atoms with Crippen molar-refractivity contribution in [3.8, 4) is 17.3 Å². The van der Waals surface area contributed by atoms with E-state index in [0.717, 1.165) is 5.56 Å². The molecule has 1 N–H and O–H groups in total. The van der Waals surface area contributed by atoms with E-state index >= 15 is 0 Å². The first-order chi connectivity index (χ1) is 17.3. The van der Waals surface area contributed by atoms with Crippen LogP contribution in [0.25, 0.3) is 11.3 Å². The van der Waals surface area contributed by atoms with Gasteiger partial charge in [-0.2, -0.15) is 5.26 Å². The summed E-state index contributed by atoms with van der Waals surface area (Å²) < 4.78 is 19.5. The molecule has 0 radical (unpaired) electrons. The molecule has 1 aliphatic heterocycles. The zero-order valence-electron chi connectivity index (χ0n) is 20.5. The molecule has 0 aliphatic carbocycles. The maximum absolute atomic E-state index is 11.8. The normalized spacial score (nSPS) is 23.6. The molecule has 12 heteroatoms. The van der Waals surface area contributed by atoms with Crippen molar-refractivity contribution in [3.63, 3.8) is 0 Å². The molecule has 1 aliphatic rings. The largest absolute Gasteiger partial charge is 0.459 e. The van der Waals surface area contributed by atoms with Gasteiger partial charge in [-0.1, -0.05) is 48.9 Å². The highest BCUT2D eigenvalue weighted by Gasteiger charge is 2.44. The van der Waals surface area contributed by atoms with Crippen molar-refractivity contribution in [3.05, 3.63) is 36.0 Å². The van der Waals surface area contributed by atoms with Gasteiger partial charge < -0.3 is 19.0 Å². The number of ether oxygens (including phenoxy) is 3. The van der Waals surface area contributed by atoms with Crippen molar-refractivity contribution in [2.45, 2.75) is 65.1 Å². The van der Waals surface area contributed by atoms with Crippen LogP contribution in [0.15, 0.2) is 30.5 Å². The summed E-state index contributed by atoms with van der Waals surface area (Å²) in [6.45, 7) is 6.07. The fraction of sp³-hybridized carbons (Fsp3) is 0.542. The second-order valence-corrected chi connectivity index (χ2v) is 8.93. The quantitative estimate of drug-likeness (QED) is 0.198. The zero-order valence-corrected chi connectivity index (χ0v) is 21.4. The maximum atomic E-state index is 11.8. The Kier molecular flexibility index (Phi) is 10.2. The van der Waals surface area contributed by atoms with Gasteiger partial charge in [0.1, 0.15) is 17.9 Å². The van der Waals surface area contributed by atoms with E-state index in [1.807, 2.05) is 19.9 Å². The number of esters is 1. The van der Waals surface area contributed by atoms with Crippen LogP contribution in [-0.2, 0) is 35.2 Å². The third-order valence-electron chi connectivity index (χ3n) is 6.16. The number of thiol groups is 1. The lowest BCUT2D eigenvalue weighted by molar-refractivity contribution is -0.269. The van der Waals surface area contributed by atoms with Gasteiger partial charge in [0.2, 0.25) is 0 Å². The summed E-state index contributed by atoms with van der Waals surface area (Å²) in [4.78, 5) is 29.8. The van der Waals surface area contributed by atoms with Gasteiger partial charge in [-0.15, -0.1) is 5.10 Å². The van der Waals surface area contributed by atoms with E-state index < -0.39 is 24.5 Å². The van der Waals surface area contributed by atoms with Gasteiger partial charge >= 0.3 is 11.9 Å². The van der Waals surface area contributed by atoms with Gasteiger partial charge in [-0.05, 0) is 25.0 Å². The minimum absolute atomic E-state index is 0.0376. The Hall–Kier alpha value is -2.98. The average Bonchev–Trinajstić information content (AvgIpc) is 3.33. The summed E-state index contributed by atoms with van der Waals surface area (Å²) in [5.41, 5.74) is 1.93. The van der Waals surface area contributed by atoms with E-state index in [2.05, 4.69) is 38.9 Å². The number of aromatic nitrogens is 3. The number of hydrogen-bond acceptors (Lipinski definition) is 11. The smallest absolute Gasteiger partial charge is 0.325 e. The number of hydrogen-bond donors (Lipinski definition) is 2. The molecule has 1 saturated heterocycles. The SMILES string of the molecule is CC(=O)O[C@H]1C(Cn2cc(-c3cccc(C#N)c3)nn2)OC(OCCCCC(=O)ONS)C(C)[C@H]1C. The van der Waals surface area contributed by atoms with Crippen molar-refractivity contribution >= 4 is 24.8 Å². The Morgan fingerprint density at radius 1 is 1.28 bits per heavy atom. The Balaban J connectivity index is 1.66. The summed E-state index contributed by atoms with van der Waals surface area (Å²) in [5.74, 6) is -0.854. The lowest BCUT2D eigenvalue weighted by Gasteiger charge is -2.43. The molecular formula is C24H31N5O6S. The van der Waals surface area contributed by atoms with E-state index in [1.165, 1.54) is 6.92 Å². The number of benzene rings is 1. The van der Waals surface area contributed by atoms with Crippen LogP contribution in [0.5, 0.6) is 0 Å². The third kappa shape index (κ3) is 7.51. The van der Waals surface area contributed by atoms with Crippen LogP contribution < -0.4 is 4.89 Å². The van der Waals surface area contributed by atoms with Gasteiger partial charge in [0, 0.05) is 37.4 Å². The zero-order chi connectivity index (χ0) is 26.1. The van der Waals surface area contributed by atoms with E-state index in [9.17, 15) is 9.59 Å². The molecule has 11 nitrogen and oxygen atoms in total. The number of nitriles is 1. The van der Waals surface area contributed by atoms with Crippen molar-refractivity contribution < 1.29 is 28.6 Å². The van der Waals surface area contributed by atoms with Crippen molar-refractivity contribution in [2.75, 3.05) is 6.61 Å². The highest BCUT2D eigenvalue weighted by molar-refractivity contribution is 7.77. The second-order valence-electron chi connectivity index (χ2n) is 8.75. The minimum Gasteiger partial charge on any atom is -0.459 e. The van der Waals surface area contributed by atoms with Gasteiger partial charge in [0.05, 0.1) is 24.4 Å². The highest BCUT2D eigenvalue weighted by Crippen LogP contribution is 2.34. The summed E-state index contributed by atoms with van der Waals surface area (Å²) in [5, 5.41) is 17.6. The van der Waals surface area contributed by atoms with Crippen LogP contribution in [0, 0.1) is 23.2 Å². The van der Waals surface area contributed by atoms with E-state index in [0.29, 0.717) is 37.3 Å². The van der Waals surface area contributed by atoms with Crippen LogP contribution >= 0.6 is 12.8 Å². The van der Waals surface area contributed by atoms with Crippen LogP contribution in [-0.4, -0.2) is 52.0 Å². The van der Waals surface area contributed by atoms with Gasteiger partial charge in [0.15, 0.2) is 6.29 Å². The lowest BCUT2D eigenvalue weighted by Crippen LogP contribution is -2.53. The molecule has 0 saturated carbocycles. The molecule has 0 spiro atoms. The standard InChI is InChI=1S/C24H31N5O6S/c1-15-16(2)24(32-10-5-4-9-22(31)35-28-36)34-21(23(15)33-17(3)30)14-29-13-20(26-27-29)19-8-6-7-18(11-19)12-25/h6-8,11,13,15-16,21,23-24,28,36H,4-5,9-10,14H2,1-3H3/t15-,16?,21?,23-,24?/m1/s1. The molecule has 36 heavy (non-hydrogen) atoms. The van der Waals surface area contributed by atoms with Crippen LogP contribution in [0.3, 0.4) is 0 Å². The number of carbonyl (C=O) groups excluding carboxylic acids is 2. The van der Waals surface area contributed by atoms with Crippen molar-refractivity contribution in [1.29, 1.82) is 5.26 Å². The number of unbranched alkanes of at least 4 members (excludes halogenated alkanes) is 1. The maximum Gasteiger partial charge on any atom is 0.325 e. The van der Waals surface area contributed by atoms with Gasteiger partial charge in [-0.3, -0.25) is 9.59 Å². The monoisotopic (exact) mass is 517 g/mol. The predicted octanol–water partition coefficient (Wildman–Crippen LogP) is 2.83. The number of nitrogens with one attached hydrogen (secondary N) is 1. The highest BCUT2D eigenvalue weighted by atomic mass is 32.1. The molecule has 3 unspecified atom stereocenters. The van der Waals surface area contributed by atoms with Gasteiger partial charge in [-0.25, -0.2) is 4.68 Å². The van der Waals surface area contributed by atoms with E-state index in [-0.39, 0.29) is 24.2 Å². The van der Waals surface area contributed by atoms with E-state index in [1.54, 1.807) is 29.1 Å². The number of nitrogens with zero attached hydrogens (tertiary/aromatic N) is 4. The molecule has 1 aromatic carbocycles. The van der Waals surface area contributed by atoms with Crippen LogP contribution in [0.4, 0.5) is 0 Å². The summed E-state index contributed by atoms with van der Waals surface area (Å²) in [6.07, 6.45) is 1.74. The topological polar surface area (TPSA) is 138 Å². The minimum atomic E-state index is -0.516. The van der Waals surface area contributed by atoms with Gasteiger partial charge in [0.25, 0.3) is 0 Å². The van der Waals surface area contributed by atoms with E-state index in [4.69, 9.17) is 19.5 Å². The summed E-state index contributed by atoms with van der Waals surface area (Å²) >= 11 is 3.62. The molecule has 3 rings (SSSR count). The molecule has 1 fully saturated rings. The first kappa shape index (κ1) is 27.6. The molecule has 1 aromatic heterocycles. The Bertz CT molecular complexity index is 1070.